The maximum atomic E-state index is 4.88. The van der Waals surface area contributed by atoms with Crippen LogP contribution in [0, 0.1) is 0 Å². The Morgan fingerprint density at radius 1 is 1.38 bits per heavy atom. The van der Waals surface area contributed by atoms with E-state index in [4.69, 9.17) is 9.47 Å². The molecule has 0 aliphatic rings. The average molecular weight is 136 g/mol. The molecule has 3 heteroatoms. The van der Waals surface area contributed by atoms with Crippen molar-refractivity contribution in [3.63, 3.8) is 0 Å². The second-order valence-corrected chi connectivity index (χ2v) is 2.16. The lowest BCUT2D eigenvalue weighted by molar-refractivity contribution is -0.133. The highest BCUT2D eigenvalue weighted by Gasteiger charge is 2.19. The average Bonchev–Trinajstić information content (AvgIpc) is 1.87. The van der Waals surface area contributed by atoms with Gasteiger partial charge in [-0.1, -0.05) is 6.92 Å². The fourth-order valence-electron chi connectivity index (χ4n) is 0.372. The molecule has 0 rings (SSSR count). The molecule has 0 spiro atoms. The molecule has 2 nitrogen and oxygen atoms in total. The summed E-state index contributed by atoms with van der Waals surface area (Å²) in [6, 6.07) is 0. The van der Waals surface area contributed by atoms with Gasteiger partial charge < -0.3 is 9.47 Å². The largest absolute Gasteiger partial charge is 0.345 e. The number of methoxy groups -OCH3 is 2. The van der Waals surface area contributed by atoms with Crippen LogP contribution in [0.5, 0.6) is 0 Å². The van der Waals surface area contributed by atoms with Crippen LogP contribution in [0.2, 0.25) is 0 Å². The van der Waals surface area contributed by atoms with Crippen LogP contribution >= 0.6 is 12.6 Å². The molecule has 0 radical (unpaired) electrons. The third-order valence-corrected chi connectivity index (χ3v) is 1.77. The fourth-order valence-corrected chi connectivity index (χ4v) is 0.372. The predicted octanol–water partition coefficient (Wildman–Crippen LogP) is 1.27. The summed E-state index contributed by atoms with van der Waals surface area (Å²) in [6.07, 6.45) is 0.739. The Kier molecular flexibility index (Phi) is 3.44. The maximum absolute atomic E-state index is 4.88. The van der Waals surface area contributed by atoms with Crippen molar-refractivity contribution in [1.29, 1.82) is 0 Å². The Hall–Kier alpha value is 0.270. The Bertz CT molecular complexity index is 53.2. The lowest BCUT2D eigenvalue weighted by atomic mass is 10.5. The summed E-state index contributed by atoms with van der Waals surface area (Å²) in [7, 11) is 3.14. The summed E-state index contributed by atoms with van der Waals surface area (Å²) in [4.78, 5) is 0. The second kappa shape index (κ2) is 3.33. The van der Waals surface area contributed by atoms with E-state index in [1.807, 2.05) is 6.92 Å². The lowest BCUT2D eigenvalue weighted by Gasteiger charge is -2.22. The second-order valence-electron chi connectivity index (χ2n) is 1.47. The Morgan fingerprint density at radius 3 is 1.75 bits per heavy atom. The minimum absolute atomic E-state index is 0.681. The van der Waals surface area contributed by atoms with E-state index in [0.717, 1.165) is 6.42 Å². The Balaban J connectivity index is 3.58. The zero-order chi connectivity index (χ0) is 6.62. The topological polar surface area (TPSA) is 18.5 Å². The van der Waals surface area contributed by atoms with Crippen LogP contribution in [0.1, 0.15) is 13.3 Å². The van der Waals surface area contributed by atoms with E-state index in [1.54, 1.807) is 14.2 Å². The first-order valence-electron chi connectivity index (χ1n) is 2.51. The highest BCUT2D eigenvalue weighted by atomic mass is 32.1. The van der Waals surface area contributed by atoms with Gasteiger partial charge in [-0.15, -0.1) is 12.6 Å². The first-order valence-corrected chi connectivity index (χ1v) is 2.96. The lowest BCUT2D eigenvalue weighted by Crippen LogP contribution is -2.24. The van der Waals surface area contributed by atoms with Gasteiger partial charge in [0.1, 0.15) is 0 Å². The molecular formula is C5H12O2S. The molecule has 0 saturated heterocycles. The van der Waals surface area contributed by atoms with E-state index in [1.165, 1.54) is 0 Å². The SMILES string of the molecule is CCC(S)(OC)OC. The van der Waals surface area contributed by atoms with E-state index in [0.29, 0.717) is 0 Å². The summed E-state index contributed by atoms with van der Waals surface area (Å²) in [6.45, 7) is 1.94. The van der Waals surface area contributed by atoms with Crippen molar-refractivity contribution in [1.82, 2.24) is 0 Å². The van der Waals surface area contributed by atoms with Gasteiger partial charge in [-0.25, -0.2) is 0 Å². The zero-order valence-electron chi connectivity index (χ0n) is 5.47. The van der Waals surface area contributed by atoms with Gasteiger partial charge in [0.25, 0.3) is 0 Å². The van der Waals surface area contributed by atoms with Crippen molar-refractivity contribution in [2.75, 3.05) is 14.2 Å². The van der Waals surface area contributed by atoms with Gasteiger partial charge in [0.05, 0.1) is 0 Å². The summed E-state index contributed by atoms with van der Waals surface area (Å²) in [5.74, 6) is 0. The highest BCUT2D eigenvalue weighted by Crippen LogP contribution is 2.19. The van der Waals surface area contributed by atoms with E-state index >= 15 is 0 Å². The number of rotatable bonds is 3. The van der Waals surface area contributed by atoms with Crippen LogP contribution in [0.3, 0.4) is 0 Å². The molecule has 50 valence electrons. The molecule has 0 bridgehead atoms. The quantitative estimate of drug-likeness (QED) is 0.465. The normalized spacial score (nSPS) is 12.0. The summed E-state index contributed by atoms with van der Waals surface area (Å²) in [5.41, 5.74) is 0. The maximum Gasteiger partial charge on any atom is 0.214 e. The molecule has 0 aromatic carbocycles. The highest BCUT2D eigenvalue weighted by molar-refractivity contribution is 7.81. The van der Waals surface area contributed by atoms with E-state index < -0.39 is 5.12 Å². The van der Waals surface area contributed by atoms with Crippen LogP contribution in [0.15, 0.2) is 0 Å². The molecule has 0 saturated carbocycles. The molecule has 0 unspecified atom stereocenters. The third-order valence-electron chi connectivity index (χ3n) is 1.08. The Morgan fingerprint density at radius 2 is 1.75 bits per heavy atom. The van der Waals surface area contributed by atoms with E-state index in [9.17, 15) is 0 Å². The standard InChI is InChI=1S/C5H12O2S/c1-4-5(8,6-2)7-3/h8H,4H2,1-3H3. The molecule has 8 heavy (non-hydrogen) atoms. The predicted molar refractivity (Wildman–Crippen MR) is 36.0 cm³/mol. The number of hydrogen-bond acceptors (Lipinski definition) is 3. The smallest absolute Gasteiger partial charge is 0.214 e. The van der Waals surface area contributed by atoms with Crippen molar-refractivity contribution in [3.05, 3.63) is 0 Å². The van der Waals surface area contributed by atoms with Crippen molar-refractivity contribution < 1.29 is 9.47 Å². The monoisotopic (exact) mass is 136 g/mol. The molecule has 0 aliphatic carbocycles. The third kappa shape index (κ3) is 2.03. The van der Waals surface area contributed by atoms with Crippen LogP contribution in [0.25, 0.3) is 0 Å². The minimum atomic E-state index is -0.681. The van der Waals surface area contributed by atoms with Crippen LogP contribution in [-0.2, 0) is 9.47 Å². The summed E-state index contributed by atoms with van der Waals surface area (Å²) >= 11 is 4.07. The van der Waals surface area contributed by atoms with Gasteiger partial charge in [0.15, 0.2) is 0 Å². The molecule has 0 aliphatic heterocycles. The minimum Gasteiger partial charge on any atom is -0.345 e. The molecule has 0 N–H and O–H groups in total. The van der Waals surface area contributed by atoms with Crippen LogP contribution < -0.4 is 0 Å². The van der Waals surface area contributed by atoms with E-state index in [-0.39, 0.29) is 0 Å². The van der Waals surface area contributed by atoms with Gasteiger partial charge in [-0.2, -0.15) is 0 Å². The van der Waals surface area contributed by atoms with Crippen molar-refractivity contribution in [2.45, 2.75) is 18.5 Å². The van der Waals surface area contributed by atoms with Gasteiger partial charge in [0, 0.05) is 20.6 Å². The van der Waals surface area contributed by atoms with Gasteiger partial charge >= 0.3 is 0 Å². The number of ether oxygens (including phenoxy) is 2. The molecule has 0 aromatic rings. The van der Waals surface area contributed by atoms with Crippen molar-refractivity contribution in [2.24, 2.45) is 0 Å². The van der Waals surface area contributed by atoms with Crippen molar-refractivity contribution >= 4 is 12.6 Å². The van der Waals surface area contributed by atoms with Gasteiger partial charge in [-0.05, 0) is 0 Å². The van der Waals surface area contributed by atoms with Gasteiger partial charge in [0.2, 0.25) is 5.12 Å². The molecule has 0 fully saturated rings. The summed E-state index contributed by atoms with van der Waals surface area (Å²) < 4.78 is 9.76. The summed E-state index contributed by atoms with van der Waals surface area (Å²) in [5, 5.41) is -0.681. The molecule has 0 amide bonds. The fraction of sp³-hybridized carbons (Fsp3) is 1.00. The molecule has 0 aromatic heterocycles. The molecule has 0 heterocycles. The first-order chi connectivity index (χ1) is 3.68. The van der Waals surface area contributed by atoms with Crippen molar-refractivity contribution in [3.8, 4) is 0 Å². The first kappa shape index (κ1) is 8.27. The zero-order valence-corrected chi connectivity index (χ0v) is 6.37. The molecule has 0 atom stereocenters. The van der Waals surface area contributed by atoms with Crippen LogP contribution in [0.4, 0.5) is 0 Å². The number of hydrogen-bond donors (Lipinski definition) is 1. The Labute approximate surface area is 55.6 Å². The number of thiol groups is 1. The molecular weight excluding hydrogens is 124 g/mol. The van der Waals surface area contributed by atoms with E-state index in [2.05, 4.69) is 12.6 Å². The van der Waals surface area contributed by atoms with Gasteiger partial charge in [-0.3, -0.25) is 0 Å². The van der Waals surface area contributed by atoms with Crippen LogP contribution in [-0.4, -0.2) is 19.3 Å².